The van der Waals surface area contributed by atoms with Gasteiger partial charge in [0.15, 0.2) is 0 Å². The Bertz CT molecular complexity index is 256. The molecule has 1 aromatic carbocycles. The van der Waals surface area contributed by atoms with Crippen LogP contribution < -0.4 is 10.9 Å². The second kappa shape index (κ2) is 7.39. The first-order valence-corrected chi connectivity index (χ1v) is 5.30. The fourth-order valence-electron chi connectivity index (χ4n) is 1.42. The first kappa shape index (κ1) is 13.0. The van der Waals surface area contributed by atoms with Gasteiger partial charge >= 0.3 is 0 Å². The Morgan fingerprint density at radius 2 is 1.86 bits per heavy atom. The Morgan fingerprint density at radius 1 is 1.21 bits per heavy atom. The van der Waals surface area contributed by atoms with Gasteiger partial charge in [0.25, 0.3) is 0 Å². The summed E-state index contributed by atoms with van der Waals surface area (Å²) in [6, 6.07) is 6.29. The number of hydrazine groups is 1. The molecule has 80 valence electrons. The fraction of sp³-hybridized carbons (Fsp3) is 0.500. The standard InChI is InChI=1S/C10H16N2.C2H6/c1-4-9-8(2)6-5-7-10(9)12-11-3;1-2/h5-7,11-12H,4H2,1-3H3;1-2H3. The van der Waals surface area contributed by atoms with Crippen LogP contribution in [0.25, 0.3) is 0 Å². The van der Waals surface area contributed by atoms with E-state index in [1.54, 1.807) is 0 Å². The topological polar surface area (TPSA) is 24.1 Å². The van der Waals surface area contributed by atoms with Gasteiger partial charge in [-0.05, 0) is 30.5 Å². The van der Waals surface area contributed by atoms with Crippen molar-refractivity contribution in [2.45, 2.75) is 34.1 Å². The molecule has 2 heteroatoms. The molecule has 0 atom stereocenters. The van der Waals surface area contributed by atoms with Gasteiger partial charge in [-0.2, -0.15) is 0 Å². The van der Waals surface area contributed by atoms with Crippen LogP contribution in [0.2, 0.25) is 0 Å². The maximum absolute atomic E-state index is 3.12. The van der Waals surface area contributed by atoms with Crippen molar-refractivity contribution >= 4 is 5.69 Å². The lowest BCUT2D eigenvalue weighted by Gasteiger charge is -2.11. The van der Waals surface area contributed by atoms with E-state index in [1.165, 1.54) is 16.8 Å². The van der Waals surface area contributed by atoms with Crippen LogP contribution in [-0.2, 0) is 6.42 Å². The van der Waals surface area contributed by atoms with Crippen molar-refractivity contribution in [2.24, 2.45) is 0 Å². The van der Waals surface area contributed by atoms with E-state index in [1.807, 2.05) is 20.9 Å². The quantitative estimate of drug-likeness (QED) is 0.722. The van der Waals surface area contributed by atoms with E-state index in [-0.39, 0.29) is 0 Å². The predicted octanol–water partition coefficient (Wildman–Crippen LogP) is 3.13. The van der Waals surface area contributed by atoms with Gasteiger partial charge in [0, 0.05) is 7.05 Å². The van der Waals surface area contributed by atoms with Crippen molar-refractivity contribution in [3.63, 3.8) is 0 Å². The van der Waals surface area contributed by atoms with E-state index in [0.29, 0.717) is 0 Å². The lowest BCUT2D eigenvalue weighted by molar-refractivity contribution is 0.967. The molecule has 0 saturated heterocycles. The largest absolute Gasteiger partial charge is 0.321 e. The van der Waals surface area contributed by atoms with Gasteiger partial charge in [0.2, 0.25) is 0 Å². The van der Waals surface area contributed by atoms with Crippen molar-refractivity contribution in [1.29, 1.82) is 0 Å². The molecule has 0 unspecified atom stereocenters. The summed E-state index contributed by atoms with van der Waals surface area (Å²) in [7, 11) is 1.88. The third kappa shape index (κ3) is 3.38. The van der Waals surface area contributed by atoms with Gasteiger partial charge in [-0.3, -0.25) is 0 Å². The number of anilines is 1. The highest BCUT2D eigenvalue weighted by Gasteiger charge is 2.00. The van der Waals surface area contributed by atoms with Crippen LogP contribution in [0.3, 0.4) is 0 Å². The lowest BCUT2D eigenvalue weighted by Crippen LogP contribution is -2.16. The summed E-state index contributed by atoms with van der Waals surface area (Å²) in [4.78, 5) is 0. The molecule has 0 aliphatic carbocycles. The van der Waals surface area contributed by atoms with Crippen LogP contribution in [0.4, 0.5) is 5.69 Å². The minimum Gasteiger partial charge on any atom is -0.321 e. The molecule has 2 N–H and O–H groups in total. The third-order valence-electron chi connectivity index (χ3n) is 2.02. The molecule has 0 heterocycles. The molecular weight excluding hydrogens is 172 g/mol. The molecule has 0 aromatic heterocycles. The Labute approximate surface area is 87.7 Å². The molecule has 0 saturated carbocycles. The molecule has 2 nitrogen and oxygen atoms in total. The number of aryl methyl sites for hydroxylation is 1. The molecule has 0 aliphatic heterocycles. The highest BCUT2D eigenvalue weighted by atomic mass is 15.3. The van der Waals surface area contributed by atoms with E-state index in [0.717, 1.165) is 6.42 Å². The molecule has 0 fully saturated rings. The molecule has 0 spiro atoms. The van der Waals surface area contributed by atoms with Gasteiger partial charge < -0.3 is 5.43 Å². The Balaban J connectivity index is 0.000000791. The zero-order valence-electron chi connectivity index (χ0n) is 9.94. The van der Waals surface area contributed by atoms with Gasteiger partial charge in [-0.15, -0.1) is 0 Å². The minimum atomic E-state index is 1.07. The van der Waals surface area contributed by atoms with Gasteiger partial charge in [-0.1, -0.05) is 32.9 Å². The predicted molar refractivity (Wildman–Crippen MR) is 64.6 cm³/mol. The van der Waals surface area contributed by atoms with Crippen LogP contribution in [0.1, 0.15) is 31.9 Å². The summed E-state index contributed by atoms with van der Waals surface area (Å²) < 4.78 is 0. The molecular formula is C12H22N2. The van der Waals surface area contributed by atoms with E-state index in [9.17, 15) is 0 Å². The zero-order chi connectivity index (χ0) is 11.0. The SMILES string of the molecule is CC.CCc1c(C)cccc1NNC. The number of benzene rings is 1. The first-order valence-electron chi connectivity index (χ1n) is 5.30. The van der Waals surface area contributed by atoms with Crippen molar-refractivity contribution in [3.8, 4) is 0 Å². The second-order valence-corrected chi connectivity index (χ2v) is 2.83. The highest BCUT2D eigenvalue weighted by molar-refractivity contribution is 5.53. The smallest absolute Gasteiger partial charge is 0.0521 e. The summed E-state index contributed by atoms with van der Waals surface area (Å²) in [5, 5.41) is 0. The first-order chi connectivity index (χ1) is 6.79. The van der Waals surface area contributed by atoms with E-state index in [2.05, 4.69) is 42.9 Å². The van der Waals surface area contributed by atoms with E-state index >= 15 is 0 Å². The number of hydrogen-bond acceptors (Lipinski definition) is 2. The summed E-state index contributed by atoms with van der Waals surface area (Å²) in [5.74, 6) is 0. The van der Waals surface area contributed by atoms with Crippen molar-refractivity contribution < 1.29 is 0 Å². The highest BCUT2D eigenvalue weighted by Crippen LogP contribution is 2.18. The number of rotatable bonds is 3. The van der Waals surface area contributed by atoms with E-state index < -0.39 is 0 Å². The Kier molecular flexibility index (Phi) is 6.85. The van der Waals surface area contributed by atoms with Crippen LogP contribution in [0.5, 0.6) is 0 Å². The van der Waals surface area contributed by atoms with Gasteiger partial charge in [0.05, 0.1) is 5.69 Å². The third-order valence-corrected chi connectivity index (χ3v) is 2.02. The van der Waals surface area contributed by atoms with Gasteiger partial charge in [-0.25, -0.2) is 5.43 Å². The molecule has 0 amide bonds. The number of nitrogens with one attached hydrogen (secondary N) is 2. The summed E-state index contributed by atoms with van der Waals surface area (Å²) in [6.45, 7) is 8.31. The monoisotopic (exact) mass is 194 g/mol. The van der Waals surface area contributed by atoms with Crippen LogP contribution in [0, 0.1) is 6.92 Å². The van der Waals surface area contributed by atoms with Crippen molar-refractivity contribution in [2.75, 3.05) is 12.5 Å². The molecule has 1 aromatic rings. The molecule has 0 aliphatic rings. The van der Waals surface area contributed by atoms with Crippen molar-refractivity contribution in [1.82, 2.24) is 5.43 Å². The van der Waals surface area contributed by atoms with Crippen molar-refractivity contribution in [3.05, 3.63) is 29.3 Å². The van der Waals surface area contributed by atoms with Crippen LogP contribution in [0.15, 0.2) is 18.2 Å². The lowest BCUT2D eigenvalue weighted by atomic mass is 10.0. The minimum absolute atomic E-state index is 1.07. The molecule has 14 heavy (non-hydrogen) atoms. The average molecular weight is 194 g/mol. The molecule has 0 radical (unpaired) electrons. The van der Waals surface area contributed by atoms with Gasteiger partial charge in [0.1, 0.15) is 0 Å². The average Bonchev–Trinajstić information content (AvgIpc) is 2.22. The maximum atomic E-state index is 3.12. The van der Waals surface area contributed by atoms with E-state index in [4.69, 9.17) is 0 Å². The fourth-order valence-corrected chi connectivity index (χ4v) is 1.42. The summed E-state index contributed by atoms with van der Waals surface area (Å²) >= 11 is 0. The Morgan fingerprint density at radius 3 is 2.36 bits per heavy atom. The zero-order valence-corrected chi connectivity index (χ0v) is 9.94. The van der Waals surface area contributed by atoms with Crippen LogP contribution >= 0.6 is 0 Å². The molecule has 1 rings (SSSR count). The molecule has 0 bridgehead atoms. The second-order valence-electron chi connectivity index (χ2n) is 2.83. The number of hydrogen-bond donors (Lipinski definition) is 2. The summed E-state index contributed by atoms with van der Waals surface area (Å²) in [6.07, 6.45) is 1.07. The normalized spacial score (nSPS) is 8.93. The Hall–Kier alpha value is -1.02. The van der Waals surface area contributed by atoms with Crippen LogP contribution in [-0.4, -0.2) is 7.05 Å². The maximum Gasteiger partial charge on any atom is 0.0521 e. The summed E-state index contributed by atoms with van der Waals surface area (Å²) in [5.41, 5.74) is 9.96.